The molecule has 0 amide bonds. The van der Waals surface area contributed by atoms with Crippen LogP contribution >= 0.6 is 0 Å². The first-order valence-corrected chi connectivity index (χ1v) is 8.25. The van der Waals surface area contributed by atoms with Crippen LogP contribution in [0.3, 0.4) is 0 Å². The highest BCUT2D eigenvalue weighted by molar-refractivity contribution is 6.09. The summed E-state index contributed by atoms with van der Waals surface area (Å²) < 4.78 is 0. The fraction of sp³-hybridized carbons (Fsp3) is 0.611. The Morgan fingerprint density at radius 1 is 0.900 bits per heavy atom. The molecule has 0 spiro atoms. The summed E-state index contributed by atoms with van der Waals surface area (Å²) in [6, 6.07) is 6.37. The van der Waals surface area contributed by atoms with E-state index in [1.54, 1.807) is 0 Å². The van der Waals surface area contributed by atoms with Gasteiger partial charge < -0.3 is 0 Å². The van der Waals surface area contributed by atoms with E-state index in [1.165, 1.54) is 74.6 Å². The first kappa shape index (κ1) is 13.7. The van der Waals surface area contributed by atoms with E-state index in [0.717, 1.165) is 5.69 Å². The van der Waals surface area contributed by atoms with Gasteiger partial charge in [0.05, 0.1) is 11.4 Å². The molecule has 107 valence electrons. The lowest BCUT2D eigenvalue weighted by molar-refractivity contribution is 0.460. The van der Waals surface area contributed by atoms with Gasteiger partial charge in [-0.1, -0.05) is 57.1 Å². The molecule has 1 fully saturated rings. The van der Waals surface area contributed by atoms with E-state index in [-0.39, 0.29) is 0 Å². The number of benzene rings is 1. The Hall–Kier alpha value is -1.31. The van der Waals surface area contributed by atoms with E-state index in [0.29, 0.717) is 5.92 Å². The smallest absolute Gasteiger partial charge is 0.0950 e. The van der Waals surface area contributed by atoms with Gasteiger partial charge in [-0.3, -0.25) is 0 Å². The van der Waals surface area contributed by atoms with Crippen molar-refractivity contribution in [3.05, 3.63) is 29.3 Å². The van der Waals surface area contributed by atoms with Gasteiger partial charge in [-0.15, -0.1) is 0 Å². The number of hydrogen-bond acceptors (Lipinski definition) is 1. The number of fused-ring (bicyclic) bond motifs is 1. The Kier molecular flexibility index (Phi) is 4.39. The zero-order chi connectivity index (χ0) is 13.8. The Labute approximate surface area is 122 Å². The summed E-state index contributed by atoms with van der Waals surface area (Å²) in [5.41, 5.74) is 9.42. The molecular formula is C18H25N2. The van der Waals surface area contributed by atoms with Gasteiger partial charge in [-0.25, -0.2) is 0 Å². The van der Waals surface area contributed by atoms with Gasteiger partial charge >= 0.3 is 0 Å². The van der Waals surface area contributed by atoms with Crippen LogP contribution in [0.4, 0.5) is 5.69 Å². The van der Waals surface area contributed by atoms with Gasteiger partial charge in [0.25, 0.3) is 0 Å². The monoisotopic (exact) mass is 269 g/mol. The normalized spacial score (nSPS) is 20.9. The minimum absolute atomic E-state index is 0.624. The molecule has 2 nitrogen and oxygen atoms in total. The van der Waals surface area contributed by atoms with Gasteiger partial charge in [-0.2, -0.15) is 10.5 Å². The molecule has 1 aromatic rings. The Bertz CT molecular complexity index is 480. The molecule has 2 aliphatic rings. The molecule has 0 aromatic heterocycles. The molecule has 1 aliphatic carbocycles. The second-order valence-corrected chi connectivity index (χ2v) is 6.30. The lowest BCUT2D eigenvalue weighted by Crippen LogP contribution is -2.16. The van der Waals surface area contributed by atoms with Crippen LogP contribution in [0, 0.1) is 12.8 Å². The highest BCUT2D eigenvalue weighted by Crippen LogP contribution is 2.33. The average Bonchev–Trinajstić information content (AvgIpc) is 2.90. The van der Waals surface area contributed by atoms with Crippen LogP contribution in [-0.2, 0) is 0 Å². The third-order valence-corrected chi connectivity index (χ3v) is 4.76. The number of hydrogen-bond donors (Lipinski definition) is 0. The maximum atomic E-state index is 4.56. The van der Waals surface area contributed by atoms with E-state index in [1.807, 2.05) is 0 Å². The minimum Gasteiger partial charge on any atom is -0.154 e. The van der Waals surface area contributed by atoms with Crippen molar-refractivity contribution in [2.24, 2.45) is 11.0 Å². The predicted molar refractivity (Wildman–Crippen MR) is 84.6 cm³/mol. The highest BCUT2D eigenvalue weighted by atomic mass is 15.3. The quantitative estimate of drug-likeness (QED) is 0.679. The molecule has 1 heterocycles. The maximum Gasteiger partial charge on any atom is 0.0950 e. The van der Waals surface area contributed by atoms with Crippen LogP contribution < -0.4 is 5.43 Å². The fourth-order valence-electron chi connectivity index (χ4n) is 3.60. The van der Waals surface area contributed by atoms with E-state index in [4.69, 9.17) is 0 Å². The molecule has 0 bridgehead atoms. The molecule has 20 heavy (non-hydrogen) atoms. The zero-order valence-electron chi connectivity index (χ0n) is 12.6. The molecule has 1 aliphatic heterocycles. The number of rotatable bonds is 1. The predicted octanol–water partition coefficient (Wildman–Crippen LogP) is 5.09. The highest BCUT2D eigenvalue weighted by Gasteiger charge is 2.26. The maximum absolute atomic E-state index is 4.56. The molecule has 1 radical (unpaired) electrons. The number of nitrogens with zero attached hydrogens (tertiary/aromatic N) is 2. The van der Waals surface area contributed by atoms with Crippen LogP contribution in [0.25, 0.3) is 0 Å². The molecule has 2 heteroatoms. The average molecular weight is 269 g/mol. The molecule has 0 atom stereocenters. The van der Waals surface area contributed by atoms with E-state index in [9.17, 15) is 0 Å². The summed E-state index contributed by atoms with van der Waals surface area (Å²) in [5.74, 6) is 0.624. The van der Waals surface area contributed by atoms with Crippen molar-refractivity contribution in [2.75, 3.05) is 0 Å². The molecule has 1 aromatic carbocycles. The molecule has 1 saturated carbocycles. The summed E-state index contributed by atoms with van der Waals surface area (Å²) in [5, 5.41) is 4.56. The topological polar surface area (TPSA) is 26.5 Å². The molecular weight excluding hydrogens is 244 g/mol. The third-order valence-electron chi connectivity index (χ3n) is 4.76. The van der Waals surface area contributed by atoms with Crippen LogP contribution in [-0.4, -0.2) is 5.71 Å². The van der Waals surface area contributed by atoms with E-state index < -0.39 is 0 Å². The van der Waals surface area contributed by atoms with Gasteiger partial charge in [0.15, 0.2) is 0 Å². The summed E-state index contributed by atoms with van der Waals surface area (Å²) in [7, 11) is 0. The van der Waals surface area contributed by atoms with Gasteiger partial charge in [0.1, 0.15) is 0 Å². The van der Waals surface area contributed by atoms with Crippen LogP contribution in [0.5, 0.6) is 0 Å². The van der Waals surface area contributed by atoms with Crippen molar-refractivity contribution in [3.63, 3.8) is 0 Å². The Morgan fingerprint density at radius 2 is 1.55 bits per heavy atom. The largest absolute Gasteiger partial charge is 0.154 e. The van der Waals surface area contributed by atoms with E-state index >= 15 is 0 Å². The van der Waals surface area contributed by atoms with Crippen molar-refractivity contribution in [1.82, 2.24) is 5.43 Å². The minimum atomic E-state index is 0.624. The molecule has 0 N–H and O–H groups in total. The zero-order valence-corrected chi connectivity index (χ0v) is 12.6. The van der Waals surface area contributed by atoms with Crippen molar-refractivity contribution < 1.29 is 0 Å². The van der Waals surface area contributed by atoms with Crippen molar-refractivity contribution in [3.8, 4) is 0 Å². The van der Waals surface area contributed by atoms with Crippen LogP contribution in [0.2, 0.25) is 0 Å². The molecule has 0 saturated heterocycles. The first-order chi connectivity index (χ1) is 9.86. The van der Waals surface area contributed by atoms with Gasteiger partial charge in [0.2, 0.25) is 0 Å². The lowest BCUT2D eigenvalue weighted by atomic mass is 9.85. The van der Waals surface area contributed by atoms with Crippen LogP contribution in [0.1, 0.15) is 68.9 Å². The van der Waals surface area contributed by atoms with Crippen molar-refractivity contribution in [1.29, 1.82) is 0 Å². The third kappa shape index (κ3) is 2.89. The van der Waals surface area contributed by atoms with Gasteiger partial charge in [0, 0.05) is 11.5 Å². The van der Waals surface area contributed by atoms with Crippen LogP contribution in [0.15, 0.2) is 23.3 Å². The first-order valence-electron chi connectivity index (χ1n) is 8.25. The van der Waals surface area contributed by atoms with E-state index in [2.05, 4.69) is 35.7 Å². The van der Waals surface area contributed by atoms with Crippen molar-refractivity contribution in [2.45, 2.75) is 64.7 Å². The summed E-state index contributed by atoms with van der Waals surface area (Å²) in [6.07, 6.45) is 12.3. The Balaban J connectivity index is 1.78. The fourth-order valence-corrected chi connectivity index (χ4v) is 3.60. The summed E-state index contributed by atoms with van der Waals surface area (Å²) >= 11 is 0. The standard InChI is InChI=1S/C18H25N2/c1-14-10-9-13-16-17(14)18(20-19-16)15-11-7-5-3-2-4-6-8-12-15/h9-10,13,15H,2-8,11-12H2,1H3. The van der Waals surface area contributed by atoms with Crippen molar-refractivity contribution >= 4 is 11.4 Å². The Morgan fingerprint density at radius 3 is 2.25 bits per heavy atom. The SMILES string of the molecule is Cc1cccc2c1C(C1CCCCCCCCC1)=N[N]2. The number of aryl methyl sites for hydroxylation is 1. The van der Waals surface area contributed by atoms with Gasteiger partial charge in [-0.05, 0) is 31.4 Å². The molecule has 3 rings (SSSR count). The molecule has 0 unspecified atom stereocenters. The summed E-state index contributed by atoms with van der Waals surface area (Å²) in [6.45, 7) is 2.19. The summed E-state index contributed by atoms with van der Waals surface area (Å²) in [4.78, 5) is 0. The second kappa shape index (κ2) is 6.43. The lowest BCUT2D eigenvalue weighted by Gasteiger charge is -2.19. The second-order valence-electron chi connectivity index (χ2n) is 6.30.